The largest absolute Gasteiger partial charge is 0.298 e. The predicted octanol–water partition coefficient (Wildman–Crippen LogP) is 0.824. The van der Waals surface area contributed by atoms with Gasteiger partial charge in [-0.3, -0.25) is 14.0 Å². The van der Waals surface area contributed by atoms with Gasteiger partial charge in [-0.25, -0.2) is 4.98 Å². The second-order valence-electron chi connectivity index (χ2n) is 5.02. The minimum atomic E-state index is -0.0719. The van der Waals surface area contributed by atoms with Crippen LogP contribution in [0.15, 0.2) is 17.3 Å². The molecule has 6 heteroatoms. The van der Waals surface area contributed by atoms with Gasteiger partial charge in [-0.15, -0.1) is 0 Å². The van der Waals surface area contributed by atoms with Crippen LogP contribution in [0.1, 0.15) is 19.3 Å². The SMILES string of the molecule is Cn1ncc2c(=O)n(CC3(CC#N)CC3)cnc21. The minimum Gasteiger partial charge on any atom is -0.298 e. The highest BCUT2D eigenvalue weighted by atomic mass is 16.1. The van der Waals surface area contributed by atoms with Crippen LogP contribution in [0.4, 0.5) is 0 Å². The van der Waals surface area contributed by atoms with Gasteiger partial charge in [0, 0.05) is 25.4 Å². The third-order valence-electron chi connectivity index (χ3n) is 3.64. The molecule has 1 aliphatic carbocycles. The van der Waals surface area contributed by atoms with Crippen molar-refractivity contribution in [2.24, 2.45) is 12.5 Å². The second kappa shape index (κ2) is 3.67. The highest BCUT2D eigenvalue weighted by molar-refractivity contribution is 5.72. The maximum Gasteiger partial charge on any atom is 0.264 e. The van der Waals surface area contributed by atoms with Crippen LogP contribution in [0.2, 0.25) is 0 Å². The summed E-state index contributed by atoms with van der Waals surface area (Å²) < 4.78 is 3.19. The average Bonchev–Trinajstić information content (AvgIpc) is 2.99. The Balaban J connectivity index is 2.01. The first-order valence-corrected chi connectivity index (χ1v) is 5.89. The lowest BCUT2D eigenvalue weighted by molar-refractivity contribution is 0.422. The molecule has 1 aliphatic rings. The van der Waals surface area contributed by atoms with Crippen molar-refractivity contribution in [2.45, 2.75) is 25.8 Å². The smallest absolute Gasteiger partial charge is 0.264 e. The number of nitrogens with zero attached hydrogens (tertiary/aromatic N) is 5. The average molecular weight is 243 g/mol. The van der Waals surface area contributed by atoms with E-state index in [1.54, 1.807) is 28.8 Å². The Morgan fingerprint density at radius 2 is 2.33 bits per heavy atom. The van der Waals surface area contributed by atoms with Crippen molar-refractivity contribution >= 4 is 11.0 Å². The monoisotopic (exact) mass is 243 g/mol. The molecule has 0 radical (unpaired) electrons. The Morgan fingerprint density at radius 1 is 1.56 bits per heavy atom. The molecule has 0 N–H and O–H groups in total. The van der Waals surface area contributed by atoms with Crippen molar-refractivity contribution in [3.05, 3.63) is 22.9 Å². The van der Waals surface area contributed by atoms with E-state index in [1.165, 1.54) is 0 Å². The van der Waals surface area contributed by atoms with Crippen molar-refractivity contribution in [3.8, 4) is 6.07 Å². The molecule has 0 amide bonds. The molecule has 0 aliphatic heterocycles. The number of fused-ring (bicyclic) bond motifs is 1. The lowest BCUT2D eigenvalue weighted by atomic mass is 10.0. The molecule has 1 saturated carbocycles. The Kier molecular flexibility index (Phi) is 2.23. The zero-order valence-electron chi connectivity index (χ0n) is 10.1. The van der Waals surface area contributed by atoms with Gasteiger partial charge in [0.25, 0.3) is 5.56 Å². The molecule has 2 aromatic heterocycles. The van der Waals surface area contributed by atoms with E-state index in [-0.39, 0.29) is 11.0 Å². The molecule has 3 rings (SSSR count). The third-order valence-corrected chi connectivity index (χ3v) is 3.64. The number of hydrogen-bond donors (Lipinski definition) is 0. The van der Waals surface area contributed by atoms with E-state index < -0.39 is 0 Å². The summed E-state index contributed by atoms with van der Waals surface area (Å²) in [4.78, 5) is 16.5. The first-order valence-electron chi connectivity index (χ1n) is 5.89. The number of aryl methyl sites for hydroxylation is 1. The van der Waals surface area contributed by atoms with Gasteiger partial charge in [0.2, 0.25) is 0 Å². The molecule has 2 aromatic rings. The van der Waals surface area contributed by atoms with Gasteiger partial charge in [-0.1, -0.05) is 0 Å². The molecule has 18 heavy (non-hydrogen) atoms. The number of aromatic nitrogens is 4. The van der Waals surface area contributed by atoms with Gasteiger partial charge in [0.1, 0.15) is 5.39 Å². The van der Waals surface area contributed by atoms with Crippen LogP contribution >= 0.6 is 0 Å². The Hall–Kier alpha value is -2.16. The van der Waals surface area contributed by atoms with Crippen LogP contribution in [0.3, 0.4) is 0 Å². The molecule has 0 bridgehead atoms. The summed E-state index contributed by atoms with van der Waals surface area (Å²) >= 11 is 0. The fourth-order valence-corrected chi connectivity index (χ4v) is 2.28. The first-order chi connectivity index (χ1) is 8.65. The highest BCUT2D eigenvalue weighted by Gasteiger charge is 2.43. The molecular weight excluding hydrogens is 230 g/mol. The van der Waals surface area contributed by atoms with Gasteiger partial charge >= 0.3 is 0 Å². The Bertz CT molecular complexity index is 701. The lowest BCUT2D eigenvalue weighted by Gasteiger charge is -2.12. The van der Waals surface area contributed by atoms with Gasteiger partial charge in [0.15, 0.2) is 5.65 Å². The molecule has 6 nitrogen and oxygen atoms in total. The molecular formula is C12H13N5O. The second-order valence-corrected chi connectivity index (χ2v) is 5.02. The van der Waals surface area contributed by atoms with Crippen LogP contribution in [0.5, 0.6) is 0 Å². The van der Waals surface area contributed by atoms with E-state index in [9.17, 15) is 4.79 Å². The van der Waals surface area contributed by atoms with E-state index >= 15 is 0 Å². The number of hydrogen-bond acceptors (Lipinski definition) is 4. The standard InChI is InChI=1S/C12H13N5O/c1-16-10-9(6-15-16)11(18)17(8-14-10)7-12(2-3-12)4-5-13/h6,8H,2-4,7H2,1H3. The molecule has 1 fully saturated rings. The molecule has 0 spiro atoms. The van der Waals surface area contributed by atoms with Gasteiger partial charge in [0.05, 0.1) is 18.6 Å². The van der Waals surface area contributed by atoms with Crippen LogP contribution in [0.25, 0.3) is 11.0 Å². The maximum atomic E-state index is 12.2. The minimum absolute atomic E-state index is 0.00383. The summed E-state index contributed by atoms with van der Waals surface area (Å²) in [5, 5.41) is 13.4. The summed E-state index contributed by atoms with van der Waals surface area (Å²) in [5.41, 5.74) is 0.523. The topological polar surface area (TPSA) is 76.5 Å². The summed E-state index contributed by atoms with van der Waals surface area (Å²) in [6.45, 7) is 0.581. The van der Waals surface area contributed by atoms with Gasteiger partial charge < -0.3 is 0 Å². The van der Waals surface area contributed by atoms with Crippen molar-refractivity contribution in [1.82, 2.24) is 19.3 Å². The summed E-state index contributed by atoms with van der Waals surface area (Å²) in [5.74, 6) is 0. The quantitative estimate of drug-likeness (QED) is 0.799. The van der Waals surface area contributed by atoms with Crippen molar-refractivity contribution in [2.75, 3.05) is 0 Å². The fourth-order valence-electron chi connectivity index (χ4n) is 2.28. The van der Waals surface area contributed by atoms with E-state index in [0.717, 1.165) is 12.8 Å². The van der Waals surface area contributed by atoms with Crippen LogP contribution in [-0.4, -0.2) is 19.3 Å². The van der Waals surface area contributed by atoms with Crippen LogP contribution in [0, 0.1) is 16.7 Å². The van der Waals surface area contributed by atoms with Gasteiger partial charge in [-0.05, 0) is 12.8 Å². The summed E-state index contributed by atoms with van der Waals surface area (Å²) in [7, 11) is 1.76. The predicted molar refractivity (Wildman–Crippen MR) is 64.7 cm³/mol. The fraction of sp³-hybridized carbons (Fsp3) is 0.500. The first kappa shape index (κ1) is 11.0. The molecule has 0 saturated heterocycles. The molecule has 0 unspecified atom stereocenters. The summed E-state index contributed by atoms with van der Waals surface area (Å²) in [6, 6.07) is 2.20. The zero-order valence-corrected chi connectivity index (χ0v) is 10.1. The Labute approximate surface area is 103 Å². The lowest BCUT2D eigenvalue weighted by Crippen LogP contribution is -2.25. The molecule has 0 atom stereocenters. The van der Waals surface area contributed by atoms with Gasteiger partial charge in [-0.2, -0.15) is 10.4 Å². The van der Waals surface area contributed by atoms with E-state index in [4.69, 9.17) is 5.26 Å². The number of nitriles is 1. The molecule has 0 aromatic carbocycles. The summed E-state index contributed by atoms with van der Waals surface area (Å²) in [6.07, 6.45) is 5.63. The normalized spacial score (nSPS) is 16.7. The third kappa shape index (κ3) is 1.59. The van der Waals surface area contributed by atoms with Crippen molar-refractivity contribution in [1.29, 1.82) is 5.26 Å². The van der Waals surface area contributed by atoms with Crippen LogP contribution < -0.4 is 5.56 Å². The molecule has 2 heterocycles. The van der Waals surface area contributed by atoms with E-state index in [0.29, 0.717) is 24.0 Å². The van der Waals surface area contributed by atoms with Crippen molar-refractivity contribution in [3.63, 3.8) is 0 Å². The zero-order chi connectivity index (χ0) is 12.8. The number of rotatable bonds is 3. The van der Waals surface area contributed by atoms with E-state index in [1.807, 2.05) is 0 Å². The Morgan fingerprint density at radius 3 is 3.00 bits per heavy atom. The van der Waals surface area contributed by atoms with Crippen molar-refractivity contribution < 1.29 is 0 Å². The van der Waals surface area contributed by atoms with Crippen LogP contribution in [-0.2, 0) is 13.6 Å². The highest BCUT2D eigenvalue weighted by Crippen LogP contribution is 2.49. The molecule has 92 valence electrons. The van der Waals surface area contributed by atoms with E-state index in [2.05, 4.69) is 16.2 Å². The maximum absolute atomic E-state index is 12.2.